The van der Waals surface area contributed by atoms with E-state index in [0.29, 0.717) is 12.0 Å². The molecular weight excluding hydrogens is 262 g/mol. The van der Waals surface area contributed by atoms with Crippen molar-refractivity contribution in [3.8, 4) is 0 Å². The third-order valence-electron chi connectivity index (χ3n) is 3.78. The molecule has 0 saturated carbocycles. The van der Waals surface area contributed by atoms with E-state index in [1.165, 1.54) is 5.56 Å². The highest BCUT2D eigenvalue weighted by Crippen LogP contribution is 2.24. The number of carbonyl (C=O) groups excluding carboxylic acids is 1. The molecule has 1 aromatic carbocycles. The van der Waals surface area contributed by atoms with Crippen LogP contribution in [0, 0.1) is 5.41 Å². The maximum absolute atomic E-state index is 12.3. The summed E-state index contributed by atoms with van der Waals surface area (Å²) in [5.41, 5.74) is 1.88. The molecule has 118 valence electrons. The number of benzene rings is 1. The Morgan fingerprint density at radius 1 is 1.10 bits per heavy atom. The summed E-state index contributed by atoms with van der Waals surface area (Å²) in [5.74, 6) is -0.0798. The molecule has 0 fully saturated rings. The molecule has 3 nitrogen and oxygen atoms in total. The second kappa shape index (κ2) is 6.61. The van der Waals surface area contributed by atoms with Gasteiger partial charge in [-0.25, -0.2) is 0 Å². The first-order valence-corrected chi connectivity index (χ1v) is 7.58. The van der Waals surface area contributed by atoms with Crippen LogP contribution in [0.1, 0.15) is 63.9 Å². The molecule has 0 aliphatic rings. The van der Waals surface area contributed by atoms with E-state index in [2.05, 4.69) is 46.9 Å². The Hall–Kier alpha value is -1.35. The Morgan fingerprint density at radius 2 is 1.62 bits per heavy atom. The molecule has 1 atom stereocenters. The van der Waals surface area contributed by atoms with Crippen LogP contribution in [0.4, 0.5) is 0 Å². The van der Waals surface area contributed by atoms with Gasteiger partial charge in [-0.2, -0.15) is 0 Å². The van der Waals surface area contributed by atoms with Crippen LogP contribution in [0.2, 0.25) is 0 Å². The van der Waals surface area contributed by atoms with Gasteiger partial charge in [-0.1, -0.05) is 53.7 Å². The van der Waals surface area contributed by atoms with Crippen molar-refractivity contribution < 1.29 is 9.90 Å². The number of aliphatic hydroxyl groups is 1. The van der Waals surface area contributed by atoms with Gasteiger partial charge in [0.1, 0.15) is 0 Å². The van der Waals surface area contributed by atoms with E-state index in [-0.39, 0.29) is 29.4 Å². The van der Waals surface area contributed by atoms with Crippen molar-refractivity contribution in [1.82, 2.24) is 5.32 Å². The summed E-state index contributed by atoms with van der Waals surface area (Å²) < 4.78 is 0. The van der Waals surface area contributed by atoms with E-state index < -0.39 is 0 Å². The van der Waals surface area contributed by atoms with Gasteiger partial charge in [0.25, 0.3) is 5.91 Å². The van der Waals surface area contributed by atoms with E-state index >= 15 is 0 Å². The van der Waals surface area contributed by atoms with Crippen molar-refractivity contribution in [1.29, 1.82) is 0 Å². The van der Waals surface area contributed by atoms with Crippen molar-refractivity contribution in [3.05, 3.63) is 35.4 Å². The molecular formula is C18H29NO2. The van der Waals surface area contributed by atoms with E-state index in [9.17, 15) is 4.79 Å². The number of nitrogens with one attached hydrogen (secondary N) is 1. The van der Waals surface area contributed by atoms with Gasteiger partial charge in [0, 0.05) is 18.2 Å². The predicted octanol–water partition coefficient (Wildman–Crippen LogP) is 3.51. The van der Waals surface area contributed by atoms with E-state index in [1.807, 2.05) is 24.3 Å². The fourth-order valence-electron chi connectivity index (χ4n) is 2.21. The first-order valence-electron chi connectivity index (χ1n) is 7.58. The minimum Gasteiger partial charge on any atom is -0.396 e. The molecule has 1 aromatic rings. The topological polar surface area (TPSA) is 49.3 Å². The first kappa shape index (κ1) is 17.7. The maximum atomic E-state index is 12.3. The molecule has 0 aliphatic heterocycles. The molecule has 1 unspecified atom stereocenters. The summed E-state index contributed by atoms with van der Waals surface area (Å²) in [6.07, 6.45) is 0.565. The average Bonchev–Trinajstić information content (AvgIpc) is 2.36. The van der Waals surface area contributed by atoms with Crippen LogP contribution in [0.15, 0.2) is 24.3 Å². The van der Waals surface area contributed by atoms with Crippen molar-refractivity contribution in [2.75, 3.05) is 6.61 Å². The molecule has 0 saturated heterocycles. The number of rotatable bonds is 4. The Labute approximate surface area is 128 Å². The molecule has 0 aliphatic carbocycles. The minimum absolute atomic E-state index is 0.0442. The molecule has 0 radical (unpaired) electrons. The lowest BCUT2D eigenvalue weighted by molar-refractivity contribution is 0.0885. The molecule has 0 heterocycles. The quantitative estimate of drug-likeness (QED) is 0.892. The second-order valence-corrected chi connectivity index (χ2v) is 7.73. The number of hydrogen-bond acceptors (Lipinski definition) is 2. The van der Waals surface area contributed by atoms with E-state index in [1.54, 1.807) is 0 Å². The van der Waals surface area contributed by atoms with Crippen LogP contribution in [0.5, 0.6) is 0 Å². The van der Waals surface area contributed by atoms with Crippen LogP contribution in [-0.2, 0) is 5.41 Å². The molecule has 0 spiro atoms. The molecule has 2 N–H and O–H groups in total. The second-order valence-electron chi connectivity index (χ2n) is 7.73. The molecule has 1 amide bonds. The zero-order valence-corrected chi connectivity index (χ0v) is 14.2. The Balaban J connectivity index is 2.84. The highest BCUT2D eigenvalue weighted by atomic mass is 16.3. The summed E-state index contributed by atoms with van der Waals surface area (Å²) >= 11 is 0. The molecule has 0 aromatic heterocycles. The monoisotopic (exact) mass is 291 g/mol. The molecule has 3 heteroatoms. The third kappa shape index (κ3) is 5.16. The van der Waals surface area contributed by atoms with Crippen LogP contribution >= 0.6 is 0 Å². The Bertz CT molecular complexity index is 463. The van der Waals surface area contributed by atoms with Crippen LogP contribution < -0.4 is 5.32 Å². The van der Waals surface area contributed by atoms with Gasteiger partial charge < -0.3 is 10.4 Å². The van der Waals surface area contributed by atoms with Crippen molar-refractivity contribution in [3.63, 3.8) is 0 Å². The third-order valence-corrected chi connectivity index (χ3v) is 3.78. The van der Waals surface area contributed by atoms with Gasteiger partial charge in [0.2, 0.25) is 0 Å². The molecule has 21 heavy (non-hydrogen) atoms. The van der Waals surface area contributed by atoms with Crippen molar-refractivity contribution in [2.45, 2.75) is 59.4 Å². The number of aliphatic hydroxyl groups excluding tert-OH is 1. The Morgan fingerprint density at radius 3 is 2.00 bits per heavy atom. The summed E-state index contributed by atoms with van der Waals surface area (Å²) in [6.45, 7) is 12.7. The highest BCUT2D eigenvalue weighted by Gasteiger charge is 2.26. The van der Waals surface area contributed by atoms with Crippen LogP contribution in [0.3, 0.4) is 0 Å². The fraction of sp³-hybridized carbons (Fsp3) is 0.611. The highest BCUT2D eigenvalue weighted by molar-refractivity contribution is 5.94. The molecule has 1 rings (SSSR count). The zero-order chi connectivity index (χ0) is 16.3. The van der Waals surface area contributed by atoms with Gasteiger partial charge in [-0.15, -0.1) is 0 Å². The average molecular weight is 291 g/mol. The van der Waals surface area contributed by atoms with Crippen molar-refractivity contribution >= 4 is 5.91 Å². The van der Waals surface area contributed by atoms with Gasteiger partial charge >= 0.3 is 0 Å². The van der Waals surface area contributed by atoms with Gasteiger partial charge in [-0.3, -0.25) is 4.79 Å². The summed E-state index contributed by atoms with van der Waals surface area (Å²) in [6, 6.07) is 7.71. The van der Waals surface area contributed by atoms with E-state index in [0.717, 1.165) is 0 Å². The lowest BCUT2D eigenvalue weighted by Gasteiger charge is -2.31. The first-order chi connectivity index (χ1) is 9.55. The number of hydrogen-bond donors (Lipinski definition) is 2. The normalized spacial score (nSPS) is 13.9. The number of amides is 1. The SMILES string of the molecule is CC(C)(C)c1ccc(C(=O)NC(CCO)C(C)(C)C)cc1. The smallest absolute Gasteiger partial charge is 0.251 e. The standard InChI is InChI=1S/C18H29NO2/c1-17(2,3)14-9-7-13(8-10-14)16(21)19-15(11-12-20)18(4,5)6/h7-10,15,20H,11-12H2,1-6H3,(H,19,21). The summed E-state index contributed by atoms with van der Waals surface area (Å²) in [5, 5.41) is 12.2. The van der Waals surface area contributed by atoms with Gasteiger partial charge in [0.05, 0.1) is 0 Å². The van der Waals surface area contributed by atoms with Gasteiger partial charge in [-0.05, 0) is 34.9 Å². The minimum atomic E-state index is -0.0798. The largest absolute Gasteiger partial charge is 0.396 e. The predicted molar refractivity (Wildman–Crippen MR) is 87.6 cm³/mol. The summed E-state index contributed by atoms with van der Waals surface area (Å²) in [4.78, 5) is 12.3. The summed E-state index contributed by atoms with van der Waals surface area (Å²) in [7, 11) is 0. The molecule has 0 bridgehead atoms. The van der Waals surface area contributed by atoms with E-state index in [4.69, 9.17) is 5.11 Å². The fourth-order valence-corrected chi connectivity index (χ4v) is 2.21. The van der Waals surface area contributed by atoms with Crippen LogP contribution in [-0.4, -0.2) is 23.7 Å². The van der Waals surface area contributed by atoms with Gasteiger partial charge in [0.15, 0.2) is 0 Å². The number of carbonyl (C=O) groups is 1. The lowest BCUT2D eigenvalue weighted by Crippen LogP contribution is -2.44. The lowest BCUT2D eigenvalue weighted by atomic mass is 9.84. The van der Waals surface area contributed by atoms with Crippen molar-refractivity contribution in [2.24, 2.45) is 5.41 Å². The maximum Gasteiger partial charge on any atom is 0.251 e. The zero-order valence-electron chi connectivity index (χ0n) is 14.2. The van der Waals surface area contributed by atoms with Crippen LogP contribution in [0.25, 0.3) is 0 Å². The Kier molecular flexibility index (Phi) is 5.57.